The van der Waals surface area contributed by atoms with Gasteiger partial charge in [-0.2, -0.15) is 0 Å². The van der Waals surface area contributed by atoms with Crippen LogP contribution in [-0.4, -0.2) is 0 Å². The van der Waals surface area contributed by atoms with Gasteiger partial charge in [-0.3, -0.25) is 0 Å². The second-order valence-electron chi connectivity index (χ2n) is 2.00. The van der Waals surface area contributed by atoms with Gasteiger partial charge in [-0.25, -0.2) is 0 Å². The smallest absolute Gasteiger partial charge is 0.0564 e. The molecule has 0 heteroatoms. The van der Waals surface area contributed by atoms with E-state index in [0.717, 1.165) is 0 Å². The highest BCUT2D eigenvalue weighted by Crippen LogP contribution is 1.77. The van der Waals surface area contributed by atoms with Gasteiger partial charge < -0.3 is 0 Å². The molecule has 0 heterocycles. The van der Waals surface area contributed by atoms with E-state index in [4.69, 9.17) is 0 Å². The van der Waals surface area contributed by atoms with Gasteiger partial charge in [0.05, 0.1) is 0 Å². The van der Waals surface area contributed by atoms with Crippen LogP contribution in [-0.2, 0) is 0 Å². The van der Waals surface area contributed by atoms with Gasteiger partial charge in [0.1, 0.15) is 0 Å². The molecule has 0 saturated heterocycles. The number of hydrogen-bond acceptors (Lipinski definition) is 0. The van der Waals surface area contributed by atoms with Crippen molar-refractivity contribution in [2.24, 2.45) is 0 Å². The highest BCUT2D eigenvalue weighted by atomic mass is 13.6. The van der Waals surface area contributed by atoms with Crippen LogP contribution in [0, 0.1) is 0 Å². The lowest BCUT2D eigenvalue weighted by Crippen LogP contribution is -1.47. The van der Waals surface area contributed by atoms with Crippen LogP contribution in [0.3, 0.4) is 0 Å². The van der Waals surface area contributed by atoms with Gasteiger partial charge in [0.2, 0.25) is 0 Å². The van der Waals surface area contributed by atoms with Crippen molar-refractivity contribution in [1.82, 2.24) is 0 Å². The van der Waals surface area contributed by atoms with Crippen molar-refractivity contribution in [2.75, 3.05) is 0 Å². The normalized spacial score (nSPS) is 4.62. The molecule has 92 valence electrons. The molecular weight excluding hydrogens is 156 g/mol. The fraction of sp³-hybridized carbons (Fsp3) is 1.00. The van der Waals surface area contributed by atoms with Crippen LogP contribution >= 0.6 is 0 Å². The topological polar surface area (TPSA) is 0 Å². The van der Waals surface area contributed by atoms with E-state index in [-0.39, 0.29) is 37.1 Å². The summed E-state index contributed by atoms with van der Waals surface area (Å²) in [6, 6.07) is 0. The Kier molecular flexibility index (Phi) is 363. The maximum absolute atomic E-state index is 2.18. The Balaban J connectivity index is -0.00000000800. The molecule has 0 atom stereocenters. The first-order chi connectivity index (χ1) is 3.83. The molecule has 0 aromatic carbocycles. The number of hydrogen-bond donors (Lipinski definition) is 0. The molecule has 0 amide bonds. The van der Waals surface area contributed by atoms with Crippen LogP contribution in [0.2, 0.25) is 0 Å². The second kappa shape index (κ2) is 90.8. The third-order valence-electron chi connectivity index (χ3n) is 1.000. The molecular formula is C13H40. The zero-order valence-corrected chi connectivity index (χ0v) is 6.83. The number of rotatable bonds is 2. The molecule has 0 bridgehead atoms. The van der Waals surface area contributed by atoms with Crippen LogP contribution in [0.5, 0.6) is 0 Å². The maximum Gasteiger partial charge on any atom is -0.0564 e. The van der Waals surface area contributed by atoms with Crippen molar-refractivity contribution in [3.8, 4) is 0 Å². The van der Waals surface area contributed by atoms with Crippen molar-refractivity contribution in [3.63, 3.8) is 0 Å². The maximum atomic E-state index is 2.18. The van der Waals surface area contributed by atoms with Gasteiger partial charge in [-0.05, 0) is 0 Å². The van der Waals surface area contributed by atoms with Crippen LogP contribution in [0.25, 0.3) is 0 Å². The molecule has 0 aliphatic heterocycles. The van der Waals surface area contributed by atoms with Gasteiger partial charge in [-0.1, -0.05) is 90.5 Å². The molecule has 0 saturated carbocycles. The predicted molar refractivity (Wildman–Crippen MR) is 74.8 cm³/mol. The van der Waals surface area contributed by atoms with Crippen molar-refractivity contribution >= 4 is 0 Å². The minimum atomic E-state index is 0. The number of unbranched alkanes of at least 4 members (excludes halogenated alkanes) is 2. The molecule has 0 N–H and O–H groups in total. The van der Waals surface area contributed by atoms with Crippen molar-refractivity contribution < 1.29 is 0 Å². The first kappa shape index (κ1) is 52.0. The Hall–Kier alpha value is 0. The average molecular weight is 196 g/mol. The quantitative estimate of drug-likeness (QED) is 0.456. The summed E-state index contributed by atoms with van der Waals surface area (Å²) in [6.07, 6.45) is 5.28. The van der Waals surface area contributed by atoms with E-state index in [0.29, 0.717) is 0 Å². The molecule has 0 nitrogen and oxygen atoms in total. The molecule has 0 spiro atoms. The Bertz CT molecular complexity index is 8.00. The zero-order valence-electron chi connectivity index (χ0n) is 6.83. The van der Waals surface area contributed by atoms with E-state index in [1.165, 1.54) is 25.7 Å². The third-order valence-corrected chi connectivity index (χ3v) is 1.000. The van der Waals surface area contributed by atoms with Crippen molar-refractivity contribution in [1.29, 1.82) is 0 Å². The van der Waals surface area contributed by atoms with Crippen LogP contribution in [0.4, 0.5) is 0 Å². The highest BCUT2D eigenvalue weighted by Gasteiger charge is 1.56. The fourth-order valence-electron chi connectivity index (χ4n) is 0. The Morgan fingerprint density at radius 1 is 0.385 bits per heavy atom. The monoisotopic (exact) mass is 196 g/mol. The first-order valence-electron chi connectivity index (χ1n) is 3.83. The van der Waals surface area contributed by atoms with Gasteiger partial charge in [0.25, 0.3) is 0 Å². The van der Waals surface area contributed by atoms with E-state index in [9.17, 15) is 0 Å². The predicted octanol–water partition coefficient (Wildman–Crippen LogP) is 6.79. The second-order valence-corrected chi connectivity index (χ2v) is 2.00. The van der Waals surface area contributed by atoms with E-state index >= 15 is 0 Å². The minimum absolute atomic E-state index is 0. The standard InChI is InChI=1S/2C4H10.5CH4/c2*1-3-4-2;;;;;/h2*3-4H2,1-2H3;5*1H4. The molecule has 13 heavy (non-hydrogen) atoms. The lowest BCUT2D eigenvalue weighted by molar-refractivity contribution is 0.886. The Labute approximate surface area is 91.2 Å². The summed E-state index contributed by atoms with van der Waals surface area (Å²) in [4.78, 5) is 0. The van der Waals surface area contributed by atoms with Gasteiger partial charge in [-0.15, -0.1) is 0 Å². The van der Waals surface area contributed by atoms with Crippen molar-refractivity contribution in [2.45, 2.75) is 90.5 Å². The molecule has 0 radical (unpaired) electrons. The lowest BCUT2D eigenvalue weighted by Gasteiger charge is -1.68. The molecule has 0 rings (SSSR count). The van der Waals surface area contributed by atoms with E-state index in [2.05, 4.69) is 27.7 Å². The fourth-order valence-corrected chi connectivity index (χ4v) is 0. The summed E-state index contributed by atoms with van der Waals surface area (Å²) in [5.41, 5.74) is 0. The van der Waals surface area contributed by atoms with E-state index in [1.54, 1.807) is 0 Å². The van der Waals surface area contributed by atoms with Gasteiger partial charge in [0, 0.05) is 0 Å². The summed E-state index contributed by atoms with van der Waals surface area (Å²) in [7, 11) is 0. The molecule has 0 aromatic heterocycles. The average Bonchev–Trinajstić information content (AvgIpc) is 1.88. The Morgan fingerprint density at radius 3 is 0.462 bits per heavy atom. The largest absolute Gasteiger partial charge is 0.0776 e. The molecule has 0 aliphatic rings. The summed E-state index contributed by atoms with van der Waals surface area (Å²) >= 11 is 0. The Morgan fingerprint density at radius 2 is 0.462 bits per heavy atom. The summed E-state index contributed by atoms with van der Waals surface area (Å²) in [5, 5.41) is 0. The van der Waals surface area contributed by atoms with E-state index < -0.39 is 0 Å². The minimum Gasteiger partial charge on any atom is -0.0776 e. The summed E-state index contributed by atoms with van der Waals surface area (Å²) in [6.45, 7) is 8.72. The molecule has 0 aliphatic carbocycles. The van der Waals surface area contributed by atoms with Crippen LogP contribution in [0.1, 0.15) is 90.5 Å². The van der Waals surface area contributed by atoms with Crippen molar-refractivity contribution in [3.05, 3.63) is 0 Å². The highest BCUT2D eigenvalue weighted by molar-refractivity contribution is 4.13. The summed E-state index contributed by atoms with van der Waals surface area (Å²) in [5.74, 6) is 0. The van der Waals surface area contributed by atoms with Gasteiger partial charge >= 0.3 is 0 Å². The lowest BCUT2D eigenvalue weighted by atomic mass is 10.4. The molecule has 0 aromatic rings. The first-order valence-corrected chi connectivity index (χ1v) is 3.83. The SMILES string of the molecule is C.C.C.C.C.CCCC.CCCC. The summed E-state index contributed by atoms with van der Waals surface area (Å²) < 4.78 is 0. The molecule has 0 unspecified atom stereocenters. The van der Waals surface area contributed by atoms with Crippen LogP contribution in [0.15, 0.2) is 0 Å². The third kappa shape index (κ3) is 300. The van der Waals surface area contributed by atoms with Gasteiger partial charge in [0.15, 0.2) is 0 Å². The van der Waals surface area contributed by atoms with E-state index in [1.807, 2.05) is 0 Å². The van der Waals surface area contributed by atoms with Crippen LogP contribution < -0.4 is 0 Å². The zero-order chi connectivity index (χ0) is 6.83. The molecule has 0 fully saturated rings.